The minimum absolute atomic E-state index is 0.0201. The number of hydrogen-bond donors (Lipinski definition) is 4. The molecule has 6 atom stereocenters. The maximum atomic E-state index is 14.5. The molecule has 0 bridgehead atoms. The highest BCUT2D eigenvalue weighted by molar-refractivity contribution is 5.97. The van der Waals surface area contributed by atoms with Crippen LogP contribution in [-0.4, -0.2) is 138 Å². The highest BCUT2D eigenvalue weighted by atomic mass is 16.3. The fraction of sp³-hybridized carbons (Fsp3) is 0.721. The van der Waals surface area contributed by atoms with Crippen LogP contribution in [-0.2, 0) is 35.2 Å². The normalized spacial score (nSPS) is 14.9. The second kappa shape index (κ2) is 22.7. The van der Waals surface area contributed by atoms with Crippen LogP contribution in [0.5, 0.6) is 5.75 Å². The molecule has 0 heterocycles. The number of benzene rings is 1. The van der Waals surface area contributed by atoms with Crippen LogP contribution in [0.3, 0.4) is 0 Å². The smallest absolute Gasteiger partial charge is 0.246 e. The van der Waals surface area contributed by atoms with E-state index < -0.39 is 59.9 Å². The second-order valence-electron chi connectivity index (χ2n) is 17.5. The number of carbonyl (C=O) groups is 6. The van der Waals surface area contributed by atoms with Gasteiger partial charge in [0.1, 0.15) is 36.0 Å². The molecule has 0 fully saturated rings. The molecule has 14 nitrogen and oxygen atoms in total. The van der Waals surface area contributed by atoms with Gasteiger partial charge in [0.2, 0.25) is 35.4 Å². The van der Waals surface area contributed by atoms with Crippen molar-refractivity contribution in [3.63, 3.8) is 0 Å². The van der Waals surface area contributed by atoms with E-state index in [0.717, 1.165) is 5.56 Å². The van der Waals surface area contributed by atoms with Crippen molar-refractivity contribution < 1.29 is 33.9 Å². The Bertz CT molecular complexity index is 1490. The van der Waals surface area contributed by atoms with Gasteiger partial charge in [-0.15, -0.1) is 0 Å². The van der Waals surface area contributed by atoms with Crippen LogP contribution < -0.4 is 16.0 Å². The lowest BCUT2D eigenvalue weighted by Gasteiger charge is -2.42. The number of rotatable bonds is 21. The number of phenolic OH excluding ortho intramolecular Hbond substituents is 1. The molecule has 4 N–H and O–H groups in total. The molecule has 1 aromatic rings. The molecule has 324 valence electrons. The maximum Gasteiger partial charge on any atom is 0.246 e. The summed E-state index contributed by atoms with van der Waals surface area (Å²) in [7, 11) is 7.91. The summed E-state index contributed by atoms with van der Waals surface area (Å²) < 4.78 is 0. The molecule has 1 rings (SSSR count). The topological polar surface area (TPSA) is 172 Å². The zero-order valence-corrected chi connectivity index (χ0v) is 37.8. The number of phenols is 1. The van der Waals surface area contributed by atoms with Crippen molar-refractivity contribution in [1.29, 1.82) is 0 Å². The van der Waals surface area contributed by atoms with Crippen LogP contribution in [0.1, 0.15) is 88.6 Å². The summed E-state index contributed by atoms with van der Waals surface area (Å²) in [5.74, 6) is -3.79. The van der Waals surface area contributed by atoms with E-state index in [1.54, 1.807) is 59.5 Å². The number of likely N-dealkylation sites (N-methyl/N-ethyl adjacent to an activating group) is 5. The van der Waals surface area contributed by atoms with Crippen LogP contribution >= 0.6 is 0 Å². The average molecular weight is 802 g/mol. The summed E-state index contributed by atoms with van der Waals surface area (Å²) in [4.78, 5) is 89.7. The molecular weight excluding hydrogens is 727 g/mol. The van der Waals surface area contributed by atoms with E-state index >= 15 is 0 Å². The third-order valence-electron chi connectivity index (χ3n) is 10.8. The maximum absolute atomic E-state index is 14.5. The summed E-state index contributed by atoms with van der Waals surface area (Å²) in [5, 5.41) is 18.4. The van der Waals surface area contributed by atoms with Gasteiger partial charge in [-0.25, -0.2) is 0 Å². The second-order valence-corrected chi connectivity index (χ2v) is 17.5. The van der Waals surface area contributed by atoms with E-state index in [9.17, 15) is 33.9 Å². The lowest BCUT2D eigenvalue weighted by atomic mass is 9.93. The summed E-state index contributed by atoms with van der Waals surface area (Å²) >= 11 is 0. The first-order valence-corrected chi connectivity index (χ1v) is 20.4. The molecule has 6 amide bonds. The number of aromatic hydroxyl groups is 1. The third-order valence-corrected chi connectivity index (χ3v) is 10.8. The van der Waals surface area contributed by atoms with Gasteiger partial charge in [0.05, 0.1) is 6.04 Å². The predicted octanol–water partition coefficient (Wildman–Crippen LogP) is 3.37. The van der Waals surface area contributed by atoms with Crippen LogP contribution in [0, 0.1) is 35.5 Å². The highest BCUT2D eigenvalue weighted by Crippen LogP contribution is 2.24. The number of carbonyl (C=O) groups excluding carboxylic acids is 6. The third kappa shape index (κ3) is 13.4. The molecule has 14 heteroatoms. The Balaban J connectivity index is 3.37. The van der Waals surface area contributed by atoms with Crippen molar-refractivity contribution in [2.75, 3.05) is 41.8 Å². The monoisotopic (exact) mass is 802 g/mol. The zero-order valence-electron chi connectivity index (χ0n) is 37.8. The molecule has 0 unspecified atom stereocenters. The van der Waals surface area contributed by atoms with Crippen molar-refractivity contribution in [2.24, 2.45) is 35.5 Å². The summed E-state index contributed by atoms with van der Waals surface area (Å²) in [6.45, 7) is 22.5. The predicted molar refractivity (Wildman–Crippen MR) is 225 cm³/mol. The van der Waals surface area contributed by atoms with Crippen LogP contribution in [0.25, 0.3) is 0 Å². The van der Waals surface area contributed by atoms with Gasteiger partial charge in [0, 0.05) is 34.7 Å². The van der Waals surface area contributed by atoms with E-state index in [1.807, 2.05) is 83.1 Å². The fourth-order valence-electron chi connectivity index (χ4n) is 7.63. The molecule has 0 saturated carbocycles. The van der Waals surface area contributed by atoms with Crippen molar-refractivity contribution in [3.8, 4) is 5.75 Å². The van der Waals surface area contributed by atoms with Gasteiger partial charge >= 0.3 is 0 Å². The van der Waals surface area contributed by atoms with Crippen molar-refractivity contribution in [3.05, 3.63) is 29.8 Å². The first kappa shape index (κ1) is 50.8. The van der Waals surface area contributed by atoms with Gasteiger partial charge in [-0.3, -0.25) is 28.8 Å². The van der Waals surface area contributed by atoms with Gasteiger partial charge in [-0.1, -0.05) is 95.2 Å². The Morgan fingerprint density at radius 3 is 1.19 bits per heavy atom. The highest BCUT2D eigenvalue weighted by Gasteiger charge is 2.44. The Kier molecular flexibility index (Phi) is 20.2. The van der Waals surface area contributed by atoms with Gasteiger partial charge in [-0.05, 0) is 66.7 Å². The van der Waals surface area contributed by atoms with Crippen molar-refractivity contribution in [2.45, 2.75) is 126 Å². The van der Waals surface area contributed by atoms with E-state index in [0.29, 0.717) is 13.0 Å². The van der Waals surface area contributed by atoms with E-state index in [4.69, 9.17) is 0 Å². The molecule has 0 aromatic heterocycles. The zero-order chi connectivity index (χ0) is 44.2. The average Bonchev–Trinajstić information content (AvgIpc) is 3.10. The first-order chi connectivity index (χ1) is 26.3. The molecule has 1 aromatic carbocycles. The molecule has 0 aliphatic rings. The number of nitrogens with zero attached hydrogens (tertiary/aromatic N) is 4. The van der Waals surface area contributed by atoms with E-state index in [2.05, 4.69) is 16.0 Å². The molecule has 0 spiro atoms. The largest absolute Gasteiger partial charge is 0.508 e. The van der Waals surface area contributed by atoms with Gasteiger partial charge in [0.25, 0.3) is 0 Å². The minimum atomic E-state index is -0.987. The lowest BCUT2D eigenvalue weighted by molar-refractivity contribution is -0.157. The van der Waals surface area contributed by atoms with Gasteiger partial charge < -0.3 is 40.7 Å². The SMILES string of the molecule is CN[C@H](C(=O)N[C@H](C(=O)N(C)[C@H](C(=O)N(C)[C@H](C(=O)N(C)[C@H](C(=O)N(C)[C@H](C(=O)NCCc1ccc(O)cc1)C(C)C)C(C)C)C(C)C)C(C)C)C(C)C)C(C)C. The first-order valence-electron chi connectivity index (χ1n) is 20.4. The van der Waals surface area contributed by atoms with Crippen LogP contribution in [0.2, 0.25) is 0 Å². The molecule has 0 saturated heterocycles. The number of hydrogen-bond acceptors (Lipinski definition) is 8. The Labute approximate surface area is 342 Å². The van der Waals surface area contributed by atoms with E-state index in [1.165, 1.54) is 19.6 Å². The molecule has 0 aliphatic carbocycles. The fourth-order valence-corrected chi connectivity index (χ4v) is 7.63. The number of nitrogens with one attached hydrogen (secondary N) is 3. The van der Waals surface area contributed by atoms with Crippen LogP contribution in [0.4, 0.5) is 0 Å². The summed E-state index contributed by atoms with van der Waals surface area (Å²) in [6, 6.07) is 1.62. The summed E-state index contributed by atoms with van der Waals surface area (Å²) in [6.07, 6.45) is 0.537. The molecule has 0 radical (unpaired) electrons. The summed E-state index contributed by atoms with van der Waals surface area (Å²) in [5.41, 5.74) is 0.938. The molecular formula is C43H75N7O7. The van der Waals surface area contributed by atoms with Gasteiger partial charge in [0.15, 0.2) is 0 Å². The van der Waals surface area contributed by atoms with Gasteiger partial charge in [-0.2, -0.15) is 0 Å². The molecule has 57 heavy (non-hydrogen) atoms. The number of amides is 6. The van der Waals surface area contributed by atoms with Crippen molar-refractivity contribution in [1.82, 2.24) is 35.6 Å². The van der Waals surface area contributed by atoms with Crippen LogP contribution in [0.15, 0.2) is 24.3 Å². The quantitative estimate of drug-likeness (QED) is 0.147. The Hall–Kier alpha value is -4.20. The van der Waals surface area contributed by atoms with E-state index in [-0.39, 0.29) is 53.1 Å². The Morgan fingerprint density at radius 1 is 0.509 bits per heavy atom. The lowest BCUT2D eigenvalue weighted by Crippen LogP contribution is -2.63. The molecule has 0 aliphatic heterocycles. The Morgan fingerprint density at radius 2 is 0.860 bits per heavy atom. The minimum Gasteiger partial charge on any atom is -0.508 e. The van der Waals surface area contributed by atoms with Crippen molar-refractivity contribution >= 4 is 35.4 Å². The standard InChI is InChI=1S/C43H75N7O7/c1-24(2)32(44-13)38(52)46-33(25(3)4)40(54)48(15)35(27(7)8)42(56)50(17)37(29(11)12)43(57)49(16)36(28(9)10)41(55)47(14)34(26(5)6)39(53)45-23-22-30-18-20-31(51)21-19-30/h18-21,24-29,32-37,44,51H,22-23H2,1-17H3,(H,45,53)(H,46,52)/t32-,33-,34-,35-,36-,37-/m0/s1.